The van der Waals surface area contributed by atoms with Gasteiger partial charge in [0.25, 0.3) is 11.8 Å². The fraction of sp³-hybridized carbons (Fsp3) is 0.444. The lowest BCUT2D eigenvalue weighted by Crippen LogP contribution is -2.41. The summed E-state index contributed by atoms with van der Waals surface area (Å²) >= 11 is 0. The Morgan fingerprint density at radius 3 is 2.03 bits per heavy atom. The quantitative estimate of drug-likeness (QED) is 0.653. The van der Waals surface area contributed by atoms with Gasteiger partial charge in [-0.05, 0) is 62.4 Å². The van der Waals surface area contributed by atoms with Crippen molar-refractivity contribution in [3.05, 3.63) is 53.3 Å². The molecule has 2 aromatic rings. The Morgan fingerprint density at radius 2 is 1.42 bits per heavy atom. The van der Waals surface area contributed by atoms with Crippen LogP contribution in [0.2, 0.25) is 0 Å². The smallest absolute Gasteiger partial charge is 0.256 e. The average molecular weight is 498 g/mol. The monoisotopic (exact) mass is 497 g/mol. The predicted molar refractivity (Wildman–Crippen MR) is 133 cm³/mol. The van der Waals surface area contributed by atoms with Crippen LogP contribution in [0.3, 0.4) is 0 Å². The third-order valence-electron chi connectivity index (χ3n) is 6.90. The van der Waals surface area contributed by atoms with E-state index in [4.69, 9.17) is 9.47 Å². The minimum Gasteiger partial charge on any atom is -0.493 e. The molecule has 0 aliphatic carbocycles. The van der Waals surface area contributed by atoms with E-state index in [1.54, 1.807) is 21.9 Å². The van der Waals surface area contributed by atoms with Crippen molar-refractivity contribution in [1.29, 1.82) is 0 Å². The van der Waals surface area contributed by atoms with Crippen LogP contribution in [0.1, 0.15) is 52.8 Å². The molecule has 2 aliphatic heterocycles. The minimum absolute atomic E-state index is 0.148. The number of carbonyl (C=O) groups excluding carboxylic acids is 3. The lowest BCUT2D eigenvalue weighted by Gasteiger charge is -2.32. The second-order valence-electron chi connectivity index (χ2n) is 9.17. The number of hydrogen-bond acceptors (Lipinski definition) is 5. The standard InChI is InChI=1S/C27H32FN3O5/c1-35-23-16-21(27(34)30-12-4-3-5-13-30)22(17-24(23)36-2)29-25(32)18-10-14-31(15-11-18)26(33)19-6-8-20(28)9-7-19/h6-9,16-18H,3-5,10-15H2,1-2H3,(H,29,32). The second-order valence-corrected chi connectivity index (χ2v) is 9.17. The maximum absolute atomic E-state index is 13.3. The Hall–Kier alpha value is -3.62. The first-order valence-corrected chi connectivity index (χ1v) is 12.3. The molecule has 4 rings (SSSR count). The van der Waals surface area contributed by atoms with E-state index in [0.717, 1.165) is 19.3 Å². The van der Waals surface area contributed by atoms with Crippen LogP contribution in [0.15, 0.2) is 36.4 Å². The van der Waals surface area contributed by atoms with Gasteiger partial charge in [0.2, 0.25) is 5.91 Å². The number of likely N-dealkylation sites (tertiary alicyclic amines) is 2. The number of nitrogens with one attached hydrogen (secondary N) is 1. The molecule has 2 saturated heterocycles. The van der Waals surface area contributed by atoms with Crippen LogP contribution < -0.4 is 14.8 Å². The Labute approximate surface area is 210 Å². The number of piperidine rings is 2. The van der Waals surface area contributed by atoms with E-state index < -0.39 is 5.82 Å². The zero-order valence-electron chi connectivity index (χ0n) is 20.7. The largest absolute Gasteiger partial charge is 0.493 e. The highest BCUT2D eigenvalue weighted by Gasteiger charge is 2.30. The molecular weight excluding hydrogens is 465 g/mol. The van der Waals surface area contributed by atoms with Crippen LogP contribution in [0.4, 0.5) is 10.1 Å². The molecule has 1 N–H and O–H groups in total. The molecule has 2 heterocycles. The van der Waals surface area contributed by atoms with Crippen molar-refractivity contribution in [2.24, 2.45) is 5.92 Å². The first-order chi connectivity index (χ1) is 17.4. The van der Waals surface area contributed by atoms with Gasteiger partial charge >= 0.3 is 0 Å². The lowest BCUT2D eigenvalue weighted by molar-refractivity contribution is -0.121. The van der Waals surface area contributed by atoms with E-state index in [0.29, 0.717) is 67.3 Å². The number of rotatable bonds is 6. The summed E-state index contributed by atoms with van der Waals surface area (Å²) in [5.74, 6) is -0.396. The summed E-state index contributed by atoms with van der Waals surface area (Å²) < 4.78 is 24.0. The maximum atomic E-state index is 13.3. The predicted octanol–water partition coefficient (Wildman–Crippen LogP) is 3.96. The third kappa shape index (κ3) is 5.61. The van der Waals surface area contributed by atoms with Gasteiger partial charge < -0.3 is 24.6 Å². The highest BCUT2D eigenvalue weighted by Crippen LogP contribution is 2.35. The zero-order valence-corrected chi connectivity index (χ0v) is 20.7. The molecule has 2 fully saturated rings. The molecule has 0 radical (unpaired) electrons. The summed E-state index contributed by atoms with van der Waals surface area (Å²) in [5, 5.41) is 2.94. The van der Waals surface area contributed by atoms with Crippen molar-refractivity contribution < 1.29 is 28.2 Å². The molecule has 3 amide bonds. The third-order valence-corrected chi connectivity index (χ3v) is 6.90. The van der Waals surface area contributed by atoms with E-state index in [2.05, 4.69) is 5.32 Å². The highest BCUT2D eigenvalue weighted by atomic mass is 19.1. The molecule has 0 aromatic heterocycles. The first kappa shape index (κ1) is 25.5. The molecular formula is C27H32FN3O5. The number of nitrogens with zero attached hydrogens (tertiary/aromatic N) is 2. The summed E-state index contributed by atoms with van der Waals surface area (Å²) in [6.45, 7) is 2.20. The van der Waals surface area contributed by atoms with E-state index in [1.807, 2.05) is 0 Å². The van der Waals surface area contributed by atoms with Crippen LogP contribution in [0, 0.1) is 11.7 Å². The number of hydrogen-bond donors (Lipinski definition) is 1. The first-order valence-electron chi connectivity index (χ1n) is 12.3. The van der Waals surface area contributed by atoms with E-state index >= 15 is 0 Å². The highest BCUT2D eigenvalue weighted by molar-refractivity contribution is 6.05. The van der Waals surface area contributed by atoms with E-state index in [-0.39, 0.29) is 23.6 Å². The molecule has 0 saturated carbocycles. The van der Waals surface area contributed by atoms with Crippen molar-refractivity contribution in [1.82, 2.24) is 9.80 Å². The fourth-order valence-corrected chi connectivity index (χ4v) is 4.78. The minimum atomic E-state index is -0.393. The molecule has 0 unspecified atom stereocenters. The second kappa shape index (κ2) is 11.4. The number of anilines is 1. The molecule has 2 aromatic carbocycles. The number of amides is 3. The molecule has 36 heavy (non-hydrogen) atoms. The maximum Gasteiger partial charge on any atom is 0.256 e. The van der Waals surface area contributed by atoms with Gasteiger partial charge in [-0.25, -0.2) is 4.39 Å². The van der Waals surface area contributed by atoms with Crippen LogP contribution in [0.5, 0.6) is 11.5 Å². The van der Waals surface area contributed by atoms with Crippen molar-refractivity contribution in [3.8, 4) is 11.5 Å². The SMILES string of the molecule is COc1cc(NC(=O)C2CCN(C(=O)c3ccc(F)cc3)CC2)c(C(=O)N2CCCCC2)cc1OC. The van der Waals surface area contributed by atoms with Gasteiger partial charge in [-0.3, -0.25) is 14.4 Å². The average Bonchev–Trinajstić information content (AvgIpc) is 2.93. The van der Waals surface area contributed by atoms with Crippen molar-refractivity contribution in [2.45, 2.75) is 32.1 Å². The number of ether oxygens (including phenoxy) is 2. The lowest BCUT2D eigenvalue weighted by atomic mass is 9.95. The fourth-order valence-electron chi connectivity index (χ4n) is 4.78. The normalized spacial score (nSPS) is 16.4. The molecule has 0 atom stereocenters. The molecule has 9 heteroatoms. The summed E-state index contributed by atoms with van der Waals surface area (Å²) in [7, 11) is 3.01. The summed E-state index contributed by atoms with van der Waals surface area (Å²) in [4.78, 5) is 42.7. The Morgan fingerprint density at radius 1 is 0.833 bits per heavy atom. The van der Waals surface area contributed by atoms with E-state index in [9.17, 15) is 18.8 Å². The van der Waals surface area contributed by atoms with Gasteiger partial charge in [-0.2, -0.15) is 0 Å². The van der Waals surface area contributed by atoms with Gasteiger partial charge in [0, 0.05) is 43.7 Å². The molecule has 192 valence electrons. The van der Waals surface area contributed by atoms with Crippen molar-refractivity contribution in [3.63, 3.8) is 0 Å². The summed E-state index contributed by atoms with van der Waals surface area (Å²) in [5.41, 5.74) is 1.18. The summed E-state index contributed by atoms with van der Waals surface area (Å²) in [6, 6.07) is 8.71. The van der Waals surface area contributed by atoms with Gasteiger partial charge in [0.1, 0.15) is 5.82 Å². The number of carbonyl (C=O) groups is 3. The summed E-state index contributed by atoms with van der Waals surface area (Å²) in [6.07, 6.45) is 3.98. The van der Waals surface area contributed by atoms with Gasteiger partial charge in [0.05, 0.1) is 25.5 Å². The number of halogens is 1. The Bertz CT molecular complexity index is 1110. The van der Waals surface area contributed by atoms with E-state index in [1.165, 1.54) is 38.5 Å². The number of benzene rings is 2. The van der Waals surface area contributed by atoms with Crippen LogP contribution in [0.25, 0.3) is 0 Å². The Kier molecular flexibility index (Phi) is 8.07. The molecule has 0 bridgehead atoms. The Balaban J connectivity index is 1.46. The van der Waals surface area contributed by atoms with Crippen LogP contribution in [-0.4, -0.2) is 67.9 Å². The van der Waals surface area contributed by atoms with Crippen LogP contribution >= 0.6 is 0 Å². The van der Waals surface area contributed by atoms with Crippen molar-refractivity contribution in [2.75, 3.05) is 45.7 Å². The van der Waals surface area contributed by atoms with Crippen LogP contribution in [-0.2, 0) is 4.79 Å². The van der Waals surface area contributed by atoms with Gasteiger partial charge in [0.15, 0.2) is 11.5 Å². The topological polar surface area (TPSA) is 88.2 Å². The van der Waals surface area contributed by atoms with Gasteiger partial charge in [-0.15, -0.1) is 0 Å². The van der Waals surface area contributed by atoms with Gasteiger partial charge in [-0.1, -0.05) is 0 Å². The molecule has 2 aliphatic rings. The van der Waals surface area contributed by atoms with Crippen molar-refractivity contribution >= 4 is 23.4 Å². The zero-order chi connectivity index (χ0) is 25.7. The molecule has 8 nitrogen and oxygen atoms in total. The molecule has 0 spiro atoms. The number of methoxy groups -OCH3 is 2.